The van der Waals surface area contributed by atoms with Crippen LogP contribution in [0.3, 0.4) is 0 Å². The summed E-state index contributed by atoms with van der Waals surface area (Å²) in [6.45, 7) is 11.4. The van der Waals surface area contributed by atoms with Crippen LogP contribution in [-0.4, -0.2) is 11.7 Å². The van der Waals surface area contributed by atoms with Gasteiger partial charge >= 0.3 is 0 Å². The highest BCUT2D eigenvalue weighted by Gasteiger charge is 2.42. The first kappa shape index (κ1) is 13.5. The van der Waals surface area contributed by atoms with Gasteiger partial charge in [0.05, 0.1) is 0 Å². The molecule has 0 bridgehead atoms. The Kier molecular flexibility index (Phi) is 4.37. The minimum absolute atomic E-state index is 0.242. The lowest BCUT2D eigenvalue weighted by Gasteiger charge is -2.29. The van der Waals surface area contributed by atoms with Crippen LogP contribution in [0.1, 0.15) is 47.5 Å². The summed E-state index contributed by atoms with van der Waals surface area (Å²) in [5.74, 6) is 1.02. The Labute approximate surface area is 100 Å². The van der Waals surface area contributed by atoms with E-state index < -0.39 is 0 Å². The molecule has 0 spiro atoms. The van der Waals surface area contributed by atoms with Gasteiger partial charge in [-0.3, -0.25) is 0 Å². The molecule has 0 heterocycles. The van der Waals surface area contributed by atoms with E-state index >= 15 is 0 Å². The van der Waals surface area contributed by atoms with E-state index in [-0.39, 0.29) is 5.41 Å². The quantitative estimate of drug-likeness (QED) is 0.717. The molecule has 0 saturated heterocycles. The standard InChI is InChI=1S/C15H26O/c1-11(2)7-6-8-13-9-14(10-16)15(4,5)12(13)3/h7-8,12,14,16H,6,9-10H2,1-5H3/b13-8-/t12-,14+/m0/s1. The summed E-state index contributed by atoms with van der Waals surface area (Å²) >= 11 is 0. The molecule has 0 amide bonds. The summed E-state index contributed by atoms with van der Waals surface area (Å²) in [7, 11) is 0. The first-order valence-electron chi connectivity index (χ1n) is 6.32. The largest absolute Gasteiger partial charge is 0.396 e. The minimum Gasteiger partial charge on any atom is -0.396 e. The second-order valence-corrected chi connectivity index (χ2v) is 5.92. The van der Waals surface area contributed by atoms with Gasteiger partial charge in [0.25, 0.3) is 0 Å². The number of aliphatic hydroxyl groups is 1. The van der Waals surface area contributed by atoms with E-state index in [0.29, 0.717) is 18.4 Å². The molecule has 1 aliphatic rings. The predicted octanol–water partition coefficient (Wildman–Crippen LogP) is 3.94. The molecule has 0 aliphatic heterocycles. The van der Waals surface area contributed by atoms with E-state index in [4.69, 9.17) is 0 Å². The highest BCUT2D eigenvalue weighted by Crippen LogP contribution is 2.50. The molecule has 0 radical (unpaired) electrons. The van der Waals surface area contributed by atoms with Crippen molar-refractivity contribution in [3.63, 3.8) is 0 Å². The van der Waals surface area contributed by atoms with Gasteiger partial charge in [-0.1, -0.05) is 44.1 Å². The van der Waals surface area contributed by atoms with Gasteiger partial charge in [-0.25, -0.2) is 0 Å². The van der Waals surface area contributed by atoms with Crippen LogP contribution in [0.4, 0.5) is 0 Å². The summed E-state index contributed by atoms with van der Waals surface area (Å²) in [5.41, 5.74) is 3.15. The van der Waals surface area contributed by atoms with Gasteiger partial charge < -0.3 is 5.11 Å². The Hall–Kier alpha value is -0.560. The van der Waals surface area contributed by atoms with E-state index in [2.05, 4.69) is 46.8 Å². The molecule has 0 aromatic heterocycles. The van der Waals surface area contributed by atoms with Crippen molar-refractivity contribution in [2.24, 2.45) is 17.3 Å². The van der Waals surface area contributed by atoms with Crippen molar-refractivity contribution in [3.8, 4) is 0 Å². The summed E-state index contributed by atoms with van der Waals surface area (Å²) in [6, 6.07) is 0. The van der Waals surface area contributed by atoms with Gasteiger partial charge in [0.1, 0.15) is 0 Å². The lowest BCUT2D eigenvalue weighted by atomic mass is 9.76. The van der Waals surface area contributed by atoms with Crippen LogP contribution in [0.2, 0.25) is 0 Å². The van der Waals surface area contributed by atoms with Crippen molar-refractivity contribution < 1.29 is 5.11 Å². The molecule has 1 fully saturated rings. The second kappa shape index (κ2) is 5.18. The molecule has 0 aromatic rings. The van der Waals surface area contributed by atoms with Gasteiger partial charge in [0, 0.05) is 6.61 Å². The molecule has 1 nitrogen and oxygen atoms in total. The van der Waals surface area contributed by atoms with Crippen molar-refractivity contribution >= 4 is 0 Å². The monoisotopic (exact) mass is 222 g/mol. The SMILES string of the molecule is CC(C)=CC/C=C1/C[C@H](CO)C(C)(C)[C@H]1C. The minimum atomic E-state index is 0.242. The Morgan fingerprint density at radius 3 is 2.50 bits per heavy atom. The normalized spacial score (nSPS) is 30.8. The molecular weight excluding hydrogens is 196 g/mol. The molecule has 1 saturated carbocycles. The van der Waals surface area contributed by atoms with Gasteiger partial charge in [0.2, 0.25) is 0 Å². The average molecular weight is 222 g/mol. The van der Waals surface area contributed by atoms with E-state index in [1.165, 1.54) is 11.1 Å². The first-order valence-corrected chi connectivity index (χ1v) is 6.32. The molecule has 1 aliphatic carbocycles. The highest BCUT2D eigenvalue weighted by atomic mass is 16.3. The number of hydrogen-bond acceptors (Lipinski definition) is 1. The lowest BCUT2D eigenvalue weighted by Crippen LogP contribution is -2.25. The number of rotatable bonds is 3. The van der Waals surface area contributed by atoms with Crippen LogP contribution >= 0.6 is 0 Å². The van der Waals surface area contributed by atoms with Crippen molar-refractivity contribution in [1.82, 2.24) is 0 Å². The molecule has 92 valence electrons. The third-order valence-electron chi connectivity index (χ3n) is 4.33. The third-order valence-corrected chi connectivity index (χ3v) is 4.33. The van der Waals surface area contributed by atoms with Crippen LogP contribution in [0.15, 0.2) is 23.3 Å². The number of hydrogen-bond donors (Lipinski definition) is 1. The molecular formula is C15H26O. The van der Waals surface area contributed by atoms with E-state index in [9.17, 15) is 5.11 Å². The molecule has 0 aromatic carbocycles. The Morgan fingerprint density at radius 1 is 1.44 bits per heavy atom. The Balaban J connectivity index is 2.75. The third kappa shape index (κ3) is 2.76. The summed E-state index contributed by atoms with van der Waals surface area (Å²) in [5, 5.41) is 9.41. The molecule has 1 rings (SSSR count). The lowest BCUT2D eigenvalue weighted by molar-refractivity contribution is 0.121. The first-order chi connectivity index (χ1) is 7.39. The fraction of sp³-hybridized carbons (Fsp3) is 0.733. The molecule has 1 N–H and O–H groups in total. The van der Waals surface area contributed by atoms with Gasteiger partial charge in [-0.05, 0) is 43.9 Å². The van der Waals surface area contributed by atoms with Gasteiger partial charge in [0.15, 0.2) is 0 Å². The molecule has 2 atom stereocenters. The van der Waals surface area contributed by atoms with Crippen LogP contribution in [0.5, 0.6) is 0 Å². The van der Waals surface area contributed by atoms with Crippen molar-refractivity contribution in [2.75, 3.05) is 6.61 Å². The van der Waals surface area contributed by atoms with Crippen molar-refractivity contribution in [1.29, 1.82) is 0 Å². The van der Waals surface area contributed by atoms with E-state index in [1.807, 2.05) is 0 Å². The Morgan fingerprint density at radius 2 is 2.06 bits per heavy atom. The fourth-order valence-electron chi connectivity index (χ4n) is 2.56. The van der Waals surface area contributed by atoms with E-state index in [0.717, 1.165) is 12.8 Å². The maximum Gasteiger partial charge on any atom is 0.0467 e. The van der Waals surface area contributed by atoms with Gasteiger partial charge in [-0.15, -0.1) is 0 Å². The zero-order chi connectivity index (χ0) is 12.3. The molecule has 1 heteroatoms. The van der Waals surface area contributed by atoms with Crippen molar-refractivity contribution in [2.45, 2.75) is 47.5 Å². The molecule has 16 heavy (non-hydrogen) atoms. The smallest absolute Gasteiger partial charge is 0.0467 e. The second-order valence-electron chi connectivity index (χ2n) is 5.92. The molecule has 0 unspecified atom stereocenters. The zero-order valence-corrected chi connectivity index (χ0v) is 11.4. The summed E-state index contributed by atoms with van der Waals surface area (Å²) < 4.78 is 0. The van der Waals surface area contributed by atoms with Gasteiger partial charge in [-0.2, -0.15) is 0 Å². The van der Waals surface area contributed by atoms with E-state index in [1.54, 1.807) is 0 Å². The predicted molar refractivity (Wildman–Crippen MR) is 70.3 cm³/mol. The zero-order valence-electron chi connectivity index (χ0n) is 11.4. The van der Waals surface area contributed by atoms with Crippen LogP contribution in [0.25, 0.3) is 0 Å². The summed E-state index contributed by atoms with van der Waals surface area (Å²) in [6.07, 6.45) is 6.73. The van der Waals surface area contributed by atoms with Crippen molar-refractivity contribution in [3.05, 3.63) is 23.3 Å². The number of allylic oxidation sites excluding steroid dienone is 4. The highest BCUT2D eigenvalue weighted by molar-refractivity contribution is 5.19. The number of aliphatic hydroxyl groups excluding tert-OH is 1. The van der Waals surface area contributed by atoms with Crippen LogP contribution < -0.4 is 0 Å². The topological polar surface area (TPSA) is 20.2 Å². The fourth-order valence-corrected chi connectivity index (χ4v) is 2.56. The maximum atomic E-state index is 9.41. The average Bonchev–Trinajstić information content (AvgIpc) is 2.40. The summed E-state index contributed by atoms with van der Waals surface area (Å²) in [4.78, 5) is 0. The maximum absolute atomic E-state index is 9.41. The Bertz CT molecular complexity index is 293. The van der Waals surface area contributed by atoms with Crippen LogP contribution in [-0.2, 0) is 0 Å². The van der Waals surface area contributed by atoms with Crippen LogP contribution in [0, 0.1) is 17.3 Å².